The summed E-state index contributed by atoms with van der Waals surface area (Å²) in [6, 6.07) is 15.1. The van der Waals surface area contributed by atoms with Crippen LogP contribution >= 0.6 is 0 Å². The minimum Gasteiger partial charge on any atom is -0.506 e. The third-order valence-electron chi connectivity index (χ3n) is 4.47. The van der Waals surface area contributed by atoms with Crippen LogP contribution < -0.4 is 9.46 Å². The van der Waals surface area contributed by atoms with Gasteiger partial charge in [-0.1, -0.05) is 42.5 Å². The summed E-state index contributed by atoms with van der Waals surface area (Å²) < 4.78 is 33.9. The Labute approximate surface area is 176 Å². The molecule has 154 valence electrons. The molecule has 1 unspecified atom stereocenters. The molecular formula is C23H22N2O4S. The lowest BCUT2D eigenvalue weighted by Gasteiger charge is -2.18. The normalized spacial score (nSPS) is 12.4. The zero-order valence-electron chi connectivity index (χ0n) is 16.4. The largest absolute Gasteiger partial charge is 0.506 e. The van der Waals surface area contributed by atoms with Crippen LogP contribution in [-0.4, -0.2) is 25.6 Å². The average Bonchev–Trinajstić information content (AvgIpc) is 2.75. The summed E-state index contributed by atoms with van der Waals surface area (Å²) in [6.07, 6.45) is 8.20. The standard InChI is InChI=1S/C23H22N2O4S/c1-3-22(18-9-11-20(29-2)12-10-18)30(27,28)25-23-19(5-4-6-21(23)26)8-7-17-13-15-24-16-14-17/h3-16,22,25-26H,1H2,2H3. The Kier molecular flexibility index (Phi) is 6.54. The van der Waals surface area contributed by atoms with E-state index in [1.165, 1.54) is 19.3 Å². The third-order valence-corrected chi connectivity index (χ3v) is 6.10. The lowest BCUT2D eigenvalue weighted by Crippen LogP contribution is -2.20. The number of ether oxygens (including phenoxy) is 1. The first kappa shape index (κ1) is 21.1. The summed E-state index contributed by atoms with van der Waals surface area (Å²) >= 11 is 0. The van der Waals surface area contributed by atoms with Gasteiger partial charge in [-0.2, -0.15) is 0 Å². The lowest BCUT2D eigenvalue weighted by molar-refractivity contribution is 0.414. The summed E-state index contributed by atoms with van der Waals surface area (Å²) in [5, 5.41) is 9.32. The highest BCUT2D eigenvalue weighted by molar-refractivity contribution is 7.93. The van der Waals surface area contributed by atoms with E-state index in [1.807, 2.05) is 18.2 Å². The van der Waals surface area contributed by atoms with Gasteiger partial charge in [0, 0.05) is 18.0 Å². The van der Waals surface area contributed by atoms with E-state index in [4.69, 9.17) is 4.74 Å². The number of rotatable bonds is 8. The second-order valence-corrected chi connectivity index (χ2v) is 8.23. The highest BCUT2D eigenvalue weighted by Crippen LogP contribution is 2.33. The monoisotopic (exact) mass is 422 g/mol. The Morgan fingerprint density at radius 2 is 1.77 bits per heavy atom. The van der Waals surface area contributed by atoms with Gasteiger partial charge in [0.25, 0.3) is 0 Å². The number of para-hydroxylation sites is 1. The van der Waals surface area contributed by atoms with Gasteiger partial charge in [-0.15, -0.1) is 6.58 Å². The number of nitrogens with one attached hydrogen (secondary N) is 1. The highest BCUT2D eigenvalue weighted by atomic mass is 32.2. The number of hydrogen-bond donors (Lipinski definition) is 2. The minimum atomic E-state index is -3.94. The number of nitrogens with zero attached hydrogens (tertiary/aromatic N) is 1. The summed E-state index contributed by atoms with van der Waals surface area (Å²) in [4.78, 5) is 3.97. The maximum absolute atomic E-state index is 13.1. The molecule has 2 N–H and O–H groups in total. The molecule has 0 aliphatic rings. The van der Waals surface area contributed by atoms with E-state index in [2.05, 4.69) is 16.3 Å². The van der Waals surface area contributed by atoms with Crippen molar-refractivity contribution >= 4 is 27.9 Å². The molecule has 0 fully saturated rings. The summed E-state index contributed by atoms with van der Waals surface area (Å²) in [5.41, 5.74) is 2.04. The molecule has 0 spiro atoms. The van der Waals surface area contributed by atoms with Crippen molar-refractivity contribution in [2.45, 2.75) is 5.25 Å². The summed E-state index contributed by atoms with van der Waals surface area (Å²) in [6.45, 7) is 3.68. The van der Waals surface area contributed by atoms with E-state index in [-0.39, 0.29) is 11.4 Å². The Morgan fingerprint density at radius 3 is 2.40 bits per heavy atom. The molecule has 1 atom stereocenters. The van der Waals surface area contributed by atoms with E-state index in [0.29, 0.717) is 16.9 Å². The second-order valence-electron chi connectivity index (χ2n) is 6.43. The number of aromatic nitrogens is 1. The van der Waals surface area contributed by atoms with Gasteiger partial charge in [0.05, 0.1) is 12.8 Å². The Bertz CT molecular complexity index is 1140. The van der Waals surface area contributed by atoms with Crippen molar-refractivity contribution in [1.29, 1.82) is 0 Å². The first-order valence-corrected chi connectivity index (χ1v) is 10.7. The molecule has 3 aromatic rings. The van der Waals surface area contributed by atoms with Crippen molar-refractivity contribution in [3.8, 4) is 11.5 Å². The highest BCUT2D eigenvalue weighted by Gasteiger charge is 2.26. The summed E-state index contributed by atoms with van der Waals surface area (Å²) in [7, 11) is -2.40. The fourth-order valence-corrected chi connectivity index (χ4v) is 4.31. The van der Waals surface area contributed by atoms with Gasteiger partial charge in [0.2, 0.25) is 10.0 Å². The molecule has 0 aliphatic carbocycles. The second kappa shape index (κ2) is 9.28. The first-order chi connectivity index (χ1) is 14.4. The average molecular weight is 423 g/mol. The van der Waals surface area contributed by atoms with Crippen LogP contribution in [0.15, 0.2) is 79.6 Å². The van der Waals surface area contributed by atoms with Crippen LogP contribution in [0.25, 0.3) is 12.2 Å². The Hall–Kier alpha value is -3.58. The first-order valence-electron chi connectivity index (χ1n) is 9.13. The zero-order valence-corrected chi connectivity index (χ0v) is 17.2. The van der Waals surface area contributed by atoms with Gasteiger partial charge >= 0.3 is 0 Å². The van der Waals surface area contributed by atoms with Crippen LogP contribution in [0.3, 0.4) is 0 Å². The molecule has 3 rings (SSSR count). The molecular weight excluding hydrogens is 400 g/mol. The van der Waals surface area contributed by atoms with Gasteiger partial charge in [-0.25, -0.2) is 8.42 Å². The third kappa shape index (κ3) is 4.87. The van der Waals surface area contributed by atoms with Crippen LogP contribution in [0.5, 0.6) is 11.5 Å². The van der Waals surface area contributed by atoms with E-state index in [9.17, 15) is 13.5 Å². The van der Waals surface area contributed by atoms with Crippen molar-refractivity contribution in [2.75, 3.05) is 11.8 Å². The molecule has 0 aliphatic heterocycles. The number of anilines is 1. The van der Waals surface area contributed by atoms with Crippen molar-refractivity contribution in [3.05, 3.63) is 96.3 Å². The number of phenolic OH excluding ortho intramolecular Hbond substituents is 1. The van der Waals surface area contributed by atoms with Crippen LogP contribution in [0, 0.1) is 0 Å². The SMILES string of the molecule is C=CC(c1ccc(OC)cc1)S(=O)(=O)Nc1c(O)cccc1C=Cc1ccncc1. The summed E-state index contributed by atoms with van der Waals surface area (Å²) in [5.74, 6) is 0.448. The van der Waals surface area contributed by atoms with Gasteiger partial charge in [0.15, 0.2) is 0 Å². The molecule has 30 heavy (non-hydrogen) atoms. The molecule has 0 amide bonds. The predicted octanol–water partition coefficient (Wildman–Crippen LogP) is 4.64. The number of benzene rings is 2. The number of aromatic hydroxyl groups is 1. The number of sulfonamides is 1. The molecule has 0 saturated carbocycles. The Balaban J connectivity index is 1.93. The van der Waals surface area contributed by atoms with E-state index >= 15 is 0 Å². The number of phenols is 1. The van der Waals surface area contributed by atoms with Gasteiger partial charge in [-0.3, -0.25) is 9.71 Å². The molecule has 2 aromatic carbocycles. The van der Waals surface area contributed by atoms with Gasteiger partial charge in [-0.05, 0) is 41.5 Å². The lowest BCUT2D eigenvalue weighted by atomic mass is 10.1. The Morgan fingerprint density at radius 1 is 1.07 bits per heavy atom. The maximum Gasteiger partial charge on any atom is 0.243 e. The van der Waals surface area contributed by atoms with Gasteiger partial charge in [0.1, 0.15) is 16.7 Å². The smallest absolute Gasteiger partial charge is 0.243 e. The molecule has 6 nitrogen and oxygen atoms in total. The van der Waals surface area contributed by atoms with Crippen molar-refractivity contribution in [2.24, 2.45) is 0 Å². The number of pyridine rings is 1. The molecule has 7 heteroatoms. The fourth-order valence-electron chi connectivity index (χ4n) is 2.91. The van der Waals surface area contributed by atoms with Crippen LogP contribution in [-0.2, 0) is 10.0 Å². The molecule has 0 bridgehead atoms. The minimum absolute atomic E-state index is 0.100. The molecule has 1 aromatic heterocycles. The van der Waals surface area contributed by atoms with E-state index in [1.54, 1.807) is 54.9 Å². The zero-order chi connectivity index (χ0) is 21.6. The molecule has 0 saturated heterocycles. The predicted molar refractivity (Wildman–Crippen MR) is 120 cm³/mol. The van der Waals surface area contributed by atoms with Gasteiger partial charge < -0.3 is 9.84 Å². The maximum atomic E-state index is 13.1. The van der Waals surface area contributed by atoms with E-state index in [0.717, 1.165) is 5.56 Å². The van der Waals surface area contributed by atoms with Crippen LogP contribution in [0.4, 0.5) is 5.69 Å². The molecule has 1 heterocycles. The number of methoxy groups -OCH3 is 1. The van der Waals surface area contributed by atoms with Crippen molar-refractivity contribution in [3.63, 3.8) is 0 Å². The topological polar surface area (TPSA) is 88.5 Å². The number of hydrogen-bond acceptors (Lipinski definition) is 5. The van der Waals surface area contributed by atoms with Crippen molar-refractivity contribution < 1.29 is 18.3 Å². The van der Waals surface area contributed by atoms with Crippen molar-refractivity contribution in [1.82, 2.24) is 4.98 Å². The fraction of sp³-hybridized carbons (Fsp3) is 0.0870. The molecule has 0 radical (unpaired) electrons. The van der Waals surface area contributed by atoms with Crippen LogP contribution in [0.1, 0.15) is 21.9 Å². The van der Waals surface area contributed by atoms with Crippen LogP contribution in [0.2, 0.25) is 0 Å². The quantitative estimate of drug-likeness (QED) is 0.408. The van der Waals surface area contributed by atoms with E-state index < -0.39 is 15.3 Å².